The molecule has 1 atom stereocenters. The SMILES string of the molecule is CC[C@H](C)Oc1ccc(/C=C2\C(=O)NC(=O)N(c3ccc(Br)cc3)C2=O)cc1OC. The molecule has 7 nitrogen and oxygen atoms in total. The Morgan fingerprint density at radius 3 is 2.43 bits per heavy atom. The summed E-state index contributed by atoms with van der Waals surface area (Å²) in [7, 11) is 1.52. The quantitative estimate of drug-likeness (QED) is 0.500. The Morgan fingerprint density at radius 1 is 1.10 bits per heavy atom. The van der Waals surface area contributed by atoms with E-state index in [1.807, 2.05) is 13.8 Å². The lowest BCUT2D eigenvalue weighted by Gasteiger charge is -2.26. The summed E-state index contributed by atoms with van der Waals surface area (Å²) in [5.74, 6) is -0.406. The van der Waals surface area contributed by atoms with Gasteiger partial charge in [-0.05, 0) is 61.4 Å². The van der Waals surface area contributed by atoms with Gasteiger partial charge in [-0.2, -0.15) is 0 Å². The molecule has 8 heteroatoms. The van der Waals surface area contributed by atoms with Crippen molar-refractivity contribution in [3.63, 3.8) is 0 Å². The summed E-state index contributed by atoms with van der Waals surface area (Å²) in [4.78, 5) is 38.5. The maximum Gasteiger partial charge on any atom is 0.335 e. The number of barbiturate groups is 1. The van der Waals surface area contributed by atoms with Crippen LogP contribution in [0.2, 0.25) is 0 Å². The van der Waals surface area contributed by atoms with E-state index in [1.54, 1.807) is 42.5 Å². The van der Waals surface area contributed by atoms with Gasteiger partial charge in [0, 0.05) is 4.47 Å². The van der Waals surface area contributed by atoms with Crippen molar-refractivity contribution in [3.05, 3.63) is 58.1 Å². The molecule has 4 amide bonds. The lowest BCUT2D eigenvalue weighted by atomic mass is 10.1. The van der Waals surface area contributed by atoms with Crippen molar-refractivity contribution in [3.8, 4) is 11.5 Å². The molecule has 0 radical (unpaired) electrons. The number of halogens is 1. The molecule has 156 valence electrons. The minimum absolute atomic E-state index is 0.0132. The number of methoxy groups -OCH3 is 1. The molecule has 2 aromatic carbocycles. The van der Waals surface area contributed by atoms with E-state index >= 15 is 0 Å². The second kappa shape index (κ2) is 9.13. The van der Waals surface area contributed by atoms with Crippen LogP contribution in [0.1, 0.15) is 25.8 Å². The summed E-state index contributed by atoms with van der Waals surface area (Å²) >= 11 is 3.31. The second-order valence-corrected chi connectivity index (χ2v) is 7.60. The molecule has 1 heterocycles. The van der Waals surface area contributed by atoms with Gasteiger partial charge in [-0.15, -0.1) is 0 Å². The first-order valence-electron chi connectivity index (χ1n) is 9.35. The highest BCUT2D eigenvalue weighted by molar-refractivity contribution is 9.10. The van der Waals surface area contributed by atoms with Crippen LogP contribution in [0, 0.1) is 0 Å². The van der Waals surface area contributed by atoms with E-state index < -0.39 is 17.8 Å². The van der Waals surface area contributed by atoms with Crippen LogP contribution in [0.15, 0.2) is 52.5 Å². The van der Waals surface area contributed by atoms with Gasteiger partial charge in [-0.1, -0.05) is 28.9 Å². The van der Waals surface area contributed by atoms with Gasteiger partial charge < -0.3 is 9.47 Å². The van der Waals surface area contributed by atoms with Crippen molar-refractivity contribution in [2.45, 2.75) is 26.4 Å². The highest BCUT2D eigenvalue weighted by Crippen LogP contribution is 2.31. The fourth-order valence-electron chi connectivity index (χ4n) is 2.82. The van der Waals surface area contributed by atoms with Crippen LogP contribution in [0.4, 0.5) is 10.5 Å². The zero-order chi connectivity index (χ0) is 21.8. The topological polar surface area (TPSA) is 84.9 Å². The number of rotatable bonds is 6. The van der Waals surface area contributed by atoms with E-state index in [2.05, 4.69) is 21.2 Å². The maximum atomic E-state index is 13.0. The van der Waals surface area contributed by atoms with Crippen LogP contribution in [0.3, 0.4) is 0 Å². The summed E-state index contributed by atoms with van der Waals surface area (Å²) in [5, 5.41) is 2.21. The third kappa shape index (κ3) is 4.54. The largest absolute Gasteiger partial charge is 0.493 e. The summed E-state index contributed by atoms with van der Waals surface area (Å²) < 4.78 is 12.0. The number of imide groups is 2. The summed E-state index contributed by atoms with van der Waals surface area (Å²) in [5.41, 5.74) is 0.760. The number of benzene rings is 2. The van der Waals surface area contributed by atoms with Gasteiger partial charge in [-0.25, -0.2) is 9.69 Å². The standard InChI is InChI=1S/C22H21BrN2O5/c1-4-13(2)30-18-10-5-14(12-19(18)29-3)11-17-20(26)24-22(28)25(21(17)27)16-8-6-15(23)7-9-16/h5-13H,4H2,1-3H3,(H,24,26,28)/b17-11+/t13-/m0/s1. The van der Waals surface area contributed by atoms with Gasteiger partial charge in [0.05, 0.1) is 18.9 Å². The van der Waals surface area contributed by atoms with E-state index in [0.29, 0.717) is 22.7 Å². The Labute approximate surface area is 182 Å². The lowest BCUT2D eigenvalue weighted by molar-refractivity contribution is -0.122. The summed E-state index contributed by atoms with van der Waals surface area (Å²) in [6.45, 7) is 3.97. The number of nitrogens with zero attached hydrogens (tertiary/aromatic N) is 1. The van der Waals surface area contributed by atoms with Crippen molar-refractivity contribution in [1.82, 2.24) is 5.32 Å². The van der Waals surface area contributed by atoms with Crippen LogP contribution in [0.25, 0.3) is 6.08 Å². The van der Waals surface area contributed by atoms with Gasteiger partial charge in [0.2, 0.25) is 0 Å². The Bertz CT molecular complexity index is 1020. The van der Waals surface area contributed by atoms with Crippen LogP contribution < -0.4 is 19.7 Å². The first-order valence-corrected chi connectivity index (χ1v) is 10.1. The Hall–Kier alpha value is -3.13. The number of hydrogen-bond donors (Lipinski definition) is 1. The fourth-order valence-corrected chi connectivity index (χ4v) is 3.08. The second-order valence-electron chi connectivity index (χ2n) is 6.68. The highest BCUT2D eigenvalue weighted by atomic mass is 79.9. The van der Waals surface area contributed by atoms with Crippen molar-refractivity contribution < 1.29 is 23.9 Å². The molecule has 0 aromatic heterocycles. The van der Waals surface area contributed by atoms with Crippen molar-refractivity contribution >= 4 is 45.5 Å². The number of ether oxygens (including phenoxy) is 2. The highest BCUT2D eigenvalue weighted by Gasteiger charge is 2.36. The first-order chi connectivity index (χ1) is 14.3. The number of nitrogens with one attached hydrogen (secondary N) is 1. The molecule has 1 saturated heterocycles. The van der Waals surface area contributed by atoms with E-state index in [0.717, 1.165) is 15.8 Å². The molecule has 1 aliphatic rings. The van der Waals surface area contributed by atoms with E-state index in [9.17, 15) is 14.4 Å². The van der Waals surface area contributed by atoms with Gasteiger partial charge in [0.25, 0.3) is 11.8 Å². The zero-order valence-corrected chi connectivity index (χ0v) is 18.4. The fraction of sp³-hybridized carbons (Fsp3) is 0.227. The molecule has 2 aromatic rings. The van der Waals surface area contributed by atoms with Crippen molar-refractivity contribution in [1.29, 1.82) is 0 Å². The molecule has 30 heavy (non-hydrogen) atoms. The molecule has 1 aliphatic heterocycles. The first kappa shape index (κ1) is 21.6. The molecule has 0 saturated carbocycles. The molecule has 1 fully saturated rings. The predicted octanol–water partition coefficient (Wildman–Crippen LogP) is 4.30. The predicted molar refractivity (Wildman–Crippen MR) is 117 cm³/mol. The molecule has 0 bridgehead atoms. The minimum Gasteiger partial charge on any atom is -0.493 e. The molecule has 0 spiro atoms. The van der Waals surface area contributed by atoms with Crippen LogP contribution in [0.5, 0.6) is 11.5 Å². The number of amides is 4. The molecule has 1 N–H and O–H groups in total. The molecule has 3 rings (SSSR count). The number of anilines is 1. The molecule has 0 unspecified atom stereocenters. The van der Waals surface area contributed by atoms with E-state index in [4.69, 9.17) is 9.47 Å². The van der Waals surface area contributed by atoms with Crippen LogP contribution in [-0.2, 0) is 9.59 Å². The minimum atomic E-state index is -0.792. The summed E-state index contributed by atoms with van der Waals surface area (Å²) in [6, 6.07) is 10.9. The van der Waals surface area contributed by atoms with E-state index in [-0.39, 0.29) is 11.7 Å². The van der Waals surface area contributed by atoms with Crippen LogP contribution >= 0.6 is 15.9 Å². The zero-order valence-electron chi connectivity index (χ0n) is 16.8. The smallest absolute Gasteiger partial charge is 0.335 e. The van der Waals surface area contributed by atoms with Gasteiger partial charge in [-0.3, -0.25) is 14.9 Å². The Balaban J connectivity index is 1.95. The average molecular weight is 473 g/mol. The van der Waals surface area contributed by atoms with Gasteiger partial charge >= 0.3 is 6.03 Å². The number of carbonyl (C=O) groups excluding carboxylic acids is 3. The molecular weight excluding hydrogens is 452 g/mol. The summed E-state index contributed by atoms with van der Waals surface area (Å²) in [6.07, 6.45) is 2.27. The van der Waals surface area contributed by atoms with Gasteiger partial charge in [0.1, 0.15) is 5.57 Å². The Morgan fingerprint density at radius 2 is 1.80 bits per heavy atom. The lowest BCUT2D eigenvalue weighted by Crippen LogP contribution is -2.54. The number of hydrogen-bond acceptors (Lipinski definition) is 5. The third-order valence-electron chi connectivity index (χ3n) is 4.59. The maximum absolute atomic E-state index is 13.0. The van der Waals surface area contributed by atoms with E-state index in [1.165, 1.54) is 13.2 Å². The molecular formula is C22H21BrN2O5. The molecule has 0 aliphatic carbocycles. The number of carbonyl (C=O) groups is 3. The van der Waals surface area contributed by atoms with Crippen molar-refractivity contribution in [2.75, 3.05) is 12.0 Å². The third-order valence-corrected chi connectivity index (χ3v) is 5.12. The normalized spacial score (nSPS) is 16.5. The van der Waals surface area contributed by atoms with Crippen molar-refractivity contribution in [2.24, 2.45) is 0 Å². The monoisotopic (exact) mass is 472 g/mol. The number of urea groups is 1. The van der Waals surface area contributed by atoms with Crippen LogP contribution in [-0.4, -0.2) is 31.1 Å². The average Bonchev–Trinajstić information content (AvgIpc) is 2.73. The van der Waals surface area contributed by atoms with Gasteiger partial charge in [0.15, 0.2) is 11.5 Å². The Kier molecular flexibility index (Phi) is 6.56.